The summed E-state index contributed by atoms with van der Waals surface area (Å²) in [5.74, 6) is -0.697. The van der Waals surface area contributed by atoms with Crippen molar-refractivity contribution in [3.8, 4) is 0 Å². The van der Waals surface area contributed by atoms with Crippen LogP contribution >= 0.6 is 0 Å². The summed E-state index contributed by atoms with van der Waals surface area (Å²) in [7, 11) is 3.99. The first-order valence-electron chi connectivity index (χ1n) is 8.48. The normalized spacial score (nSPS) is 16.8. The summed E-state index contributed by atoms with van der Waals surface area (Å²) >= 11 is 0. The van der Waals surface area contributed by atoms with Gasteiger partial charge in [0.05, 0.1) is 12.6 Å². The molecular weight excluding hydrogens is 334 g/mol. The third-order valence-electron chi connectivity index (χ3n) is 4.17. The molecule has 0 spiro atoms. The van der Waals surface area contributed by atoms with Crippen molar-refractivity contribution in [1.29, 1.82) is 0 Å². The van der Waals surface area contributed by atoms with Crippen LogP contribution in [0.4, 0.5) is 0 Å². The van der Waals surface area contributed by atoms with Crippen LogP contribution < -0.4 is 10.6 Å². The summed E-state index contributed by atoms with van der Waals surface area (Å²) in [4.78, 5) is 26.5. The van der Waals surface area contributed by atoms with E-state index < -0.39 is 6.10 Å². The van der Waals surface area contributed by atoms with Crippen molar-refractivity contribution in [2.75, 3.05) is 20.6 Å². The molecule has 0 radical (unpaired) electrons. The molecule has 1 aromatic carbocycles. The summed E-state index contributed by atoms with van der Waals surface area (Å²) < 4.78 is 1.38. The van der Waals surface area contributed by atoms with Gasteiger partial charge in [0.2, 0.25) is 0 Å². The molecule has 1 aliphatic rings. The van der Waals surface area contributed by atoms with Crippen LogP contribution in [0.5, 0.6) is 0 Å². The summed E-state index contributed by atoms with van der Waals surface area (Å²) in [6.07, 6.45) is -0.728. The average Bonchev–Trinajstić information content (AvgIpc) is 2.96. The van der Waals surface area contributed by atoms with Gasteiger partial charge in [0, 0.05) is 25.7 Å². The first-order valence-corrected chi connectivity index (χ1v) is 8.48. The minimum Gasteiger partial charge on any atom is -0.389 e. The van der Waals surface area contributed by atoms with Crippen molar-refractivity contribution in [3.05, 3.63) is 52.8 Å². The number of benzene rings is 1. The zero-order valence-corrected chi connectivity index (χ0v) is 14.9. The molecule has 0 bridgehead atoms. The maximum absolute atomic E-state index is 12.5. The Morgan fingerprint density at radius 3 is 2.85 bits per heavy atom. The molecule has 3 N–H and O–H groups in total. The van der Waals surface area contributed by atoms with E-state index in [1.807, 2.05) is 38.4 Å². The quantitative estimate of drug-likeness (QED) is 0.698. The highest BCUT2D eigenvalue weighted by Crippen LogP contribution is 2.12. The predicted octanol–water partition coefficient (Wildman–Crippen LogP) is -0.0210. The van der Waals surface area contributed by atoms with Gasteiger partial charge >= 0.3 is 0 Å². The van der Waals surface area contributed by atoms with Crippen molar-refractivity contribution in [2.24, 2.45) is 0 Å². The Morgan fingerprint density at radius 1 is 1.38 bits per heavy atom. The molecule has 138 valence electrons. The summed E-state index contributed by atoms with van der Waals surface area (Å²) in [5, 5.41) is 19.4. The van der Waals surface area contributed by atoms with Crippen LogP contribution in [0.3, 0.4) is 0 Å². The Morgan fingerprint density at radius 2 is 2.12 bits per heavy atom. The van der Waals surface area contributed by atoms with E-state index in [1.54, 1.807) is 0 Å². The van der Waals surface area contributed by atoms with Crippen molar-refractivity contribution in [2.45, 2.75) is 25.7 Å². The molecule has 0 saturated carbocycles. The topological polar surface area (TPSA) is 99.5 Å². The summed E-state index contributed by atoms with van der Waals surface area (Å²) in [6, 6.07) is 9.37. The number of aliphatic hydroxyl groups excluding tert-OH is 1. The third-order valence-corrected chi connectivity index (χ3v) is 4.17. The van der Waals surface area contributed by atoms with Gasteiger partial charge in [0.15, 0.2) is 5.69 Å². The molecular formula is C18H23N5O3. The molecule has 2 amide bonds. The molecule has 0 saturated heterocycles. The van der Waals surface area contributed by atoms with Crippen LogP contribution in [0.1, 0.15) is 32.1 Å². The maximum Gasteiger partial charge on any atom is 0.272 e. The first-order chi connectivity index (χ1) is 12.4. The fraction of sp³-hybridized carbons (Fsp3) is 0.389. The number of hydrogen-bond acceptors (Lipinski definition) is 5. The van der Waals surface area contributed by atoms with E-state index in [-0.39, 0.29) is 36.3 Å². The minimum atomic E-state index is -0.728. The highest BCUT2D eigenvalue weighted by Gasteiger charge is 2.24. The number of aromatic nitrogens is 2. The number of nitrogens with zero attached hydrogens (tertiary/aromatic N) is 3. The number of hydrogen-bond donors (Lipinski definition) is 3. The molecule has 1 unspecified atom stereocenters. The van der Waals surface area contributed by atoms with Crippen LogP contribution in [0.25, 0.3) is 0 Å². The lowest BCUT2D eigenvalue weighted by atomic mass is 10.1. The van der Waals surface area contributed by atoms with E-state index >= 15 is 0 Å². The van der Waals surface area contributed by atoms with Gasteiger partial charge in [-0.15, -0.1) is 0 Å². The lowest BCUT2D eigenvalue weighted by Crippen LogP contribution is -2.30. The molecule has 0 fully saturated rings. The van der Waals surface area contributed by atoms with Gasteiger partial charge in [-0.05, 0) is 25.2 Å². The standard InChI is InChI=1S/C18H23N5O3/c1-22(2)10-13-6-4-3-5-12(13)8-19-17(25)15-7-16-18(26)20-9-14(24)11-23(16)21-15/h3-7,14,24H,8-11H2,1-2H3,(H,19,25)(H,20,26). The predicted molar refractivity (Wildman–Crippen MR) is 95.6 cm³/mol. The minimum absolute atomic E-state index is 0.161. The molecule has 8 nitrogen and oxygen atoms in total. The number of fused-ring (bicyclic) bond motifs is 1. The maximum atomic E-state index is 12.5. The van der Waals surface area contributed by atoms with Crippen molar-refractivity contribution >= 4 is 11.8 Å². The van der Waals surface area contributed by atoms with Crippen LogP contribution in [-0.2, 0) is 19.6 Å². The highest BCUT2D eigenvalue weighted by atomic mass is 16.3. The Balaban J connectivity index is 1.71. The molecule has 1 atom stereocenters. The van der Waals surface area contributed by atoms with Gasteiger partial charge in [0.1, 0.15) is 5.69 Å². The molecule has 3 rings (SSSR count). The van der Waals surface area contributed by atoms with Gasteiger partial charge < -0.3 is 20.6 Å². The summed E-state index contributed by atoms with van der Waals surface area (Å²) in [5.41, 5.74) is 2.61. The second kappa shape index (κ2) is 7.67. The first kappa shape index (κ1) is 18.1. The Kier molecular flexibility index (Phi) is 5.34. The largest absolute Gasteiger partial charge is 0.389 e. The highest BCUT2D eigenvalue weighted by molar-refractivity contribution is 5.98. The van der Waals surface area contributed by atoms with Crippen LogP contribution in [0.15, 0.2) is 30.3 Å². The van der Waals surface area contributed by atoms with Gasteiger partial charge in [-0.2, -0.15) is 5.10 Å². The van der Waals surface area contributed by atoms with Gasteiger partial charge in [-0.3, -0.25) is 14.3 Å². The fourth-order valence-corrected chi connectivity index (χ4v) is 2.91. The van der Waals surface area contributed by atoms with Crippen LogP contribution in [-0.4, -0.2) is 58.3 Å². The van der Waals surface area contributed by atoms with E-state index in [1.165, 1.54) is 10.7 Å². The summed E-state index contributed by atoms with van der Waals surface area (Å²) in [6.45, 7) is 1.50. The van der Waals surface area contributed by atoms with Crippen LogP contribution in [0, 0.1) is 0 Å². The zero-order valence-electron chi connectivity index (χ0n) is 14.9. The molecule has 8 heteroatoms. The van der Waals surface area contributed by atoms with Crippen molar-refractivity contribution in [1.82, 2.24) is 25.3 Å². The molecule has 2 heterocycles. The Hall–Kier alpha value is -2.71. The molecule has 1 aliphatic heterocycles. The van der Waals surface area contributed by atoms with E-state index in [4.69, 9.17) is 0 Å². The van der Waals surface area contributed by atoms with Crippen molar-refractivity contribution in [3.63, 3.8) is 0 Å². The number of β-amino-alcohol motifs (C(OH)–C–C–N with tert-alkyl or cyclic N) is 1. The third kappa shape index (κ3) is 4.09. The lowest BCUT2D eigenvalue weighted by molar-refractivity contribution is 0.0931. The Bertz CT molecular complexity index is 815. The van der Waals surface area contributed by atoms with Crippen LogP contribution in [0.2, 0.25) is 0 Å². The van der Waals surface area contributed by atoms with E-state index in [0.29, 0.717) is 6.54 Å². The number of aliphatic hydroxyl groups is 1. The van der Waals surface area contributed by atoms with Gasteiger partial charge in [-0.1, -0.05) is 24.3 Å². The zero-order chi connectivity index (χ0) is 18.7. The average molecular weight is 357 g/mol. The smallest absolute Gasteiger partial charge is 0.272 e. The van der Waals surface area contributed by atoms with E-state index in [9.17, 15) is 14.7 Å². The molecule has 2 aromatic rings. The lowest BCUT2D eigenvalue weighted by Gasteiger charge is -2.14. The van der Waals surface area contributed by atoms with E-state index in [0.717, 1.165) is 17.7 Å². The number of amides is 2. The Labute approximate surface area is 151 Å². The fourth-order valence-electron chi connectivity index (χ4n) is 2.91. The number of carbonyl (C=O) groups is 2. The second-order valence-electron chi connectivity index (χ2n) is 6.65. The monoisotopic (exact) mass is 357 g/mol. The SMILES string of the molecule is CN(C)Cc1ccccc1CNC(=O)c1cc2n(n1)CC(O)CNC2=O. The number of nitrogens with one attached hydrogen (secondary N) is 2. The molecule has 0 aliphatic carbocycles. The molecule has 1 aromatic heterocycles. The number of carbonyl (C=O) groups excluding carboxylic acids is 2. The molecule has 26 heavy (non-hydrogen) atoms. The van der Waals surface area contributed by atoms with E-state index in [2.05, 4.69) is 20.6 Å². The number of rotatable bonds is 5. The second-order valence-corrected chi connectivity index (χ2v) is 6.65. The van der Waals surface area contributed by atoms with Gasteiger partial charge in [0.25, 0.3) is 11.8 Å². The van der Waals surface area contributed by atoms with Crippen molar-refractivity contribution < 1.29 is 14.7 Å². The van der Waals surface area contributed by atoms with Gasteiger partial charge in [-0.25, -0.2) is 0 Å².